The zero-order chi connectivity index (χ0) is 17.3. The largest absolute Gasteiger partial charge is 0.478 e. The number of carboxylic acid groups (broad SMARTS) is 1. The number of carbonyl (C=O) groups excluding carboxylic acids is 1. The SMILES string of the molecule is Cn1ccc(C(=O)Nc2scc(-c3cnccn3)c2C(=O)O)c1Cl. The molecule has 2 N–H and O–H groups in total. The van der Waals surface area contributed by atoms with E-state index in [1.54, 1.807) is 29.3 Å². The summed E-state index contributed by atoms with van der Waals surface area (Å²) in [6.07, 6.45) is 6.08. The van der Waals surface area contributed by atoms with Crippen LogP contribution in [0.5, 0.6) is 0 Å². The van der Waals surface area contributed by atoms with Crippen molar-refractivity contribution >= 4 is 39.8 Å². The number of hydrogen-bond donors (Lipinski definition) is 2. The molecule has 0 saturated heterocycles. The molecule has 7 nitrogen and oxygen atoms in total. The van der Waals surface area contributed by atoms with Crippen molar-refractivity contribution in [3.05, 3.63) is 52.5 Å². The molecule has 0 aliphatic rings. The standard InChI is InChI=1S/C15H11ClN4O3S/c1-20-5-2-8(12(20)16)13(21)19-14-11(15(22)23)9(7-24-14)10-6-17-3-4-18-10/h2-7H,1H3,(H,19,21)(H,22,23). The second-order valence-corrected chi connectivity index (χ2v) is 6.07. The first kappa shape index (κ1) is 16.2. The Morgan fingerprint density at radius 3 is 2.75 bits per heavy atom. The molecule has 3 rings (SSSR count). The van der Waals surface area contributed by atoms with Crippen LogP contribution in [-0.2, 0) is 7.05 Å². The summed E-state index contributed by atoms with van der Waals surface area (Å²) in [7, 11) is 1.71. The lowest BCUT2D eigenvalue weighted by Crippen LogP contribution is -2.13. The van der Waals surface area contributed by atoms with Gasteiger partial charge >= 0.3 is 5.97 Å². The van der Waals surface area contributed by atoms with Gasteiger partial charge in [0.2, 0.25) is 0 Å². The molecule has 0 bridgehead atoms. The third kappa shape index (κ3) is 2.89. The van der Waals surface area contributed by atoms with E-state index in [0.717, 1.165) is 11.3 Å². The maximum Gasteiger partial charge on any atom is 0.339 e. The molecule has 0 aliphatic carbocycles. The summed E-state index contributed by atoms with van der Waals surface area (Å²) in [6, 6.07) is 1.56. The van der Waals surface area contributed by atoms with Crippen LogP contribution >= 0.6 is 22.9 Å². The molecule has 0 spiro atoms. The fourth-order valence-corrected chi connectivity index (χ4v) is 3.29. The van der Waals surface area contributed by atoms with E-state index in [0.29, 0.717) is 11.3 Å². The number of amides is 1. The molecule has 0 radical (unpaired) electrons. The normalized spacial score (nSPS) is 10.6. The lowest BCUT2D eigenvalue weighted by atomic mass is 10.1. The molecule has 0 aromatic carbocycles. The number of nitrogens with zero attached hydrogens (tertiary/aromatic N) is 3. The Hall–Kier alpha value is -2.71. The number of rotatable bonds is 4. The van der Waals surface area contributed by atoms with Crippen molar-refractivity contribution in [1.29, 1.82) is 0 Å². The van der Waals surface area contributed by atoms with Crippen molar-refractivity contribution in [1.82, 2.24) is 14.5 Å². The summed E-state index contributed by atoms with van der Waals surface area (Å²) in [5.41, 5.74) is 1.06. The molecule has 0 saturated carbocycles. The predicted octanol–water partition coefficient (Wildman–Crippen LogP) is 3.15. The second-order valence-electron chi connectivity index (χ2n) is 4.83. The molecule has 122 valence electrons. The van der Waals surface area contributed by atoms with E-state index in [2.05, 4.69) is 15.3 Å². The van der Waals surface area contributed by atoms with Crippen LogP contribution < -0.4 is 5.32 Å². The van der Waals surface area contributed by atoms with Crippen LogP contribution in [0.4, 0.5) is 5.00 Å². The van der Waals surface area contributed by atoms with Crippen LogP contribution in [0.1, 0.15) is 20.7 Å². The Bertz CT molecular complexity index is 920. The maximum atomic E-state index is 12.3. The number of carboxylic acids is 1. The quantitative estimate of drug-likeness (QED) is 0.743. The summed E-state index contributed by atoms with van der Waals surface area (Å²) in [6.45, 7) is 0. The van der Waals surface area contributed by atoms with Gasteiger partial charge in [0.25, 0.3) is 5.91 Å². The number of thiophene rings is 1. The molecule has 3 aromatic heterocycles. The van der Waals surface area contributed by atoms with E-state index in [1.807, 2.05) is 0 Å². The van der Waals surface area contributed by atoms with Crippen LogP contribution in [-0.4, -0.2) is 31.5 Å². The van der Waals surface area contributed by atoms with Crippen LogP contribution in [0.25, 0.3) is 11.3 Å². The lowest BCUT2D eigenvalue weighted by molar-refractivity contribution is 0.0699. The van der Waals surface area contributed by atoms with Crippen LogP contribution in [0.15, 0.2) is 36.2 Å². The highest BCUT2D eigenvalue weighted by Crippen LogP contribution is 2.35. The van der Waals surface area contributed by atoms with Gasteiger partial charge in [-0.3, -0.25) is 14.8 Å². The molecule has 3 aromatic rings. The summed E-state index contributed by atoms with van der Waals surface area (Å²) >= 11 is 7.15. The third-order valence-electron chi connectivity index (χ3n) is 3.31. The second kappa shape index (κ2) is 6.42. The van der Waals surface area contributed by atoms with Crippen LogP contribution in [0.2, 0.25) is 5.15 Å². The number of hydrogen-bond acceptors (Lipinski definition) is 5. The van der Waals surface area contributed by atoms with Gasteiger partial charge in [0.05, 0.1) is 17.5 Å². The molecule has 9 heteroatoms. The van der Waals surface area contributed by atoms with Gasteiger partial charge in [-0.2, -0.15) is 0 Å². The average Bonchev–Trinajstić information content (AvgIpc) is 3.13. The fourth-order valence-electron chi connectivity index (χ4n) is 2.14. The third-order valence-corrected chi connectivity index (χ3v) is 4.68. The number of halogens is 1. The number of aromatic carboxylic acids is 1. The maximum absolute atomic E-state index is 12.3. The van der Waals surface area contributed by atoms with E-state index in [9.17, 15) is 14.7 Å². The molecule has 3 heterocycles. The van der Waals surface area contributed by atoms with Crippen LogP contribution in [0, 0.1) is 0 Å². The summed E-state index contributed by atoms with van der Waals surface area (Å²) < 4.78 is 1.59. The lowest BCUT2D eigenvalue weighted by Gasteiger charge is -2.05. The smallest absolute Gasteiger partial charge is 0.339 e. The first-order chi connectivity index (χ1) is 11.5. The number of aromatic nitrogens is 3. The summed E-state index contributed by atoms with van der Waals surface area (Å²) in [5, 5.41) is 14.2. The minimum absolute atomic E-state index is 0.0269. The highest BCUT2D eigenvalue weighted by molar-refractivity contribution is 7.15. The molecule has 24 heavy (non-hydrogen) atoms. The monoisotopic (exact) mass is 362 g/mol. The Morgan fingerprint density at radius 2 is 2.17 bits per heavy atom. The van der Waals surface area contributed by atoms with Gasteiger partial charge in [-0.1, -0.05) is 11.6 Å². The Balaban J connectivity index is 1.97. The Kier molecular flexibility index (Phi) is 4.32. The highest BCUT2D eigenvalue weighted by Gasteiger charge is 2.23. The van der Waals surface area contributed by atoms with E-state index in [1.165, 1.54) is 18.6 Å². The topological polar surface area (TPSA) is 97.1 Å². The van der Waals surface area contributed by atoms with Gasteiger partial charge in [-0.05, 0) is 6.07 Å². The van der Waals surface area contributed by atoms with Crippen molar-refractivity contribution in [3.63, 3.8) is 0 Å². The van der Waals surface area contributed by atoms with Gasteiger partial charge in [0, 0.05) is 36.6 Å². The van der Waals surface area contributed by atoms with Crippen molar-refractivity contribution < 1.29 is 14.7 Å². The van der Waals surface area contributed by atoms with E-state index in [4.69, 9.17) is 11.6 Å². The van der Waals surface area contributed by atoms with Crippen molar-refractivity contribution in [2.24, 2.45) is 7.05 Å². The van der Waals surface area contributed by atoms with E-state index in [-0.39, 0.29) is 21.3 Å². The number of aryl methyl sites for hydroxylation is 1. The van der Waals surface area contributed by atoms with Crippen molar-refractivity contribution in [2.75, 3.05) is 5.32 Å². The molecule has 0 aliphatic heterocycles. The summed E-state index contributed by atoms with van der Waals surface area (Å²) in [4.78, 5) is 32.0. The first-order valence-corrected chi connectivity index (χ1v) is 7.98. The van der Waals surface area contributed by atoms with Crippen LogP contribution in [0.3, 0.4) is 0 Å². The first-order valence-electron chi connectivity index (χ1n) is 6.72. The number of nitrogens with one attached hydrogen (secondary N) is 1. The zero-order valence-corrected chi connectivity index (χ0v) is 13.9. The van der Waals surface area contributed by atoms with Gasteiger partial charge in [-0.15, -0.1) is 11.3 Å². The van der Waals surface area contributed by atoms with Gasteiger partial charge in [0.15, 0.2) is 0 Å². The molecule has 0 atom stereocenters. The minimum Gasteiger partial charge on any atom is -0.478 e. The Labute approximate surface area is 145 Å². The highest BCUT2D eigenvalue weighted by atomic mass is 35.5. The average molecular weight is 363 g/mol. The molecular weight excluding hydrogens is 352 g/mol. The van der Waals surface area contributed by atoms with E-state index < -0.39 is 11.9 Å². The number of carbonyl (C=O) groups is 2. The predicted molar refractivity (Wildman–Crippen MR) is 90.7 cm³/mol. The molecule has 0 fully saturated rings. The van der Waals surface area contributed by atoms with E-state index >= 15 is 0 Å². The summed E-state index contributed by atoms with van der Waals surface area (Å²) in [5.74, 6) is -1.64. The van der Waals surface area contributed by atoms with Gasteiger partial charge < -0.3 is 15.0 Å². The van der Waals surface area contributed by atoms with Gasteiger partial charge in [-0.25, -0.2) is 4.79 Å². The minimum atomic E-state index is -1.16. The fraction of sp³-hybridized carbons (Fsp3) is 0.0667. The van der Waals surface area contributed by atoms with Crippen molar-refractivity contribution in [3.8, 4) is 11.3 Å². The molecule has 1 amide bonds. The molecular formula is C15H11ClN4O3S. The zero-order valence-electron chi connectivity index (χ0n) is 12.4. The van der Waals surface area contributed by atoms with Gasteiger partial charge in [0.1, 0.15) is 15.7 Å². The van der Waals surface area contributed by atoms with Crippen molar-refractivity contribution in [2.45, 2.75) is 0 Å². The molecule has 0 unspecified atom stereocenters. The Morgan fingerprint density at radius 1 is 1.38 bits per heavy atom. The number of anilines is 1.